The molecule has 10 heteroatoms. The van der Waals surface area contributed by atoms with Crippen LogP contribution in [0.4, 0.5) is 17.6 Å². The van der Waals surface area contributed by atoms with E-state index in [1.54, 1.807) is 12.3 Å². The molecule has 210 valence electrons. The fourth-order valence-corrected chi connectivity index (χ4v) is 5.36. The first-order valence-corrected chi connectivity index (χ1v) is 13.6. The average Bonchev–Trinajstić information content (AvgIpc) is 3.71. The summed E-state index contributed by atoms with van der Waals surface area (Å²) >= 11 is 0. The van der Waals surface area contributed by atoms with Crippen molar-refractivity contribution in [1.29, 1.82) is 0 Å². The van der Waals surface area contributed by atoms with Crippen LogP contribution in [0.5, 0.6) is 0 Å². The minimum absolute atomic E-state index is 0.127. The minimum atomic E-state index is -2.69. The van der Waals surface area contributed by atoms with E-state index in [1.807, 2.05) is 6.07 Å². The molecule has 3 aromatic heterocycles. The van der Waals surface area contributed by atoms with E-state index in [1.165, 1.54) is 47.2 Å². The standard InChI is InChI=1S/C24H27F2N5O.C6H4F2/c1-30-22(23(25)26)19(13-28-30)20-12-18(15-6-3-2-4-7-15)24(32)31(29-20)14-21-17(16-9-10-16)8-5-11-27-21;7-5-2-1-3-6(8)4-5/h5,8,11-13,15-16,23H,2-4,6-7,9-10,14H2,1H3;1-4H. The molecule has 3 heterocycles. The third-order valence-electron chi connectivity index (χ3n) is 7.54. The van der Waals surface area contributed by atoms with Gasteiger partial charge in [-0.05, 0) is 67.3 Å². The van der Waals surface area contributed by atoms with Gasteiger partial charge in [0.25, 0.3) is 12.0 Å². The molecular formula is C30H31F4N5O. The van der Waals surface area contributed by atoms with E-state index in [9.17, 15) is 22.4 Å². The molecule has 6 rings (SSSR count). The molecule has 0 N–H and O–H groups in total. The predicted octanol–water partition coefficient (Wildman–Crippen LogP) is 6.91. The number of hydrogen-bond acceptors (Lipinski definition) is 4. The molecule has 0 unspecified atom stereocenters. The summed E-state index contributed by atoms with van der Waals surface area (Å²) in [5.74, 6) is -0.461. The number of hydrogen-bond donors (Lipinski definition) is 0. The van der Waals surface area contributed by atoms with Gasteiger partial charge in [-0.2, -0.15) is 10.2 Å². The number of aryl methyl sites for hydroxylation is 1. The van der Waals surface area contributed by atoms with Crippen molar-refractivity contribution in [3.8, 4) is 11.3 Å². The van der Waals surface area contributed by atoms with E-state index < -0.39 is 18.1 Å². The number of pyridine rings is 1. The van der Waals surface area contributed by atoms with Gasteiger partial charge >= 0.3 is 0 Å². The Kier molecular flexibility index (Phi) is 8.42. The Bertz CT molecular complexity index is 1510. The Morgan fingerprint density at radius 1 is 0.925 bits per heavy atom. The second kappa shape index (κ2) is 12.1. The van der Waals surface area contributed by atoms with Gasteiger partial charge in [0.1, 0.15) is 17.3 Å². The average molecular weight is 554 g/mol. The number of rotatable bonds is 6. The normalized spacial score (nSPS) is 15.7. The maximum Gasteiger partial charge on any atom is 0.280 e. The Labute approximate surface area is 229 Å². The fraction of sp³-hybridized carbons (Fsp3) is 0.400. The van der Waals surface area contributed by atoms with Crippen LogP contribution in [0.1, 0.15) is 85.7 Å². The summed E-state index contributed by atoms with van der Waals surface area (Å²) in [7, 11) is 1.50. The summed E-state index contributed by atoms with van der Waals surface area (Å²) in [6.45, 7) is 0.239. The topological polar surface area (TPSA) is 65.6 Å². The highest BCUT2D eigenvalue weighted by atomic mass is 19.3. The molecule has 0 spiro atoms. The first kappa shape index (κ1) is 27.7. The molecule has 0 amide bonds. The lowest BCUT2D eigenvalue weighted by atomic mass is 9.84. The van der Waals surface area contributed by atoms with E-state index in [4.69, 9.17) is 0 Å². The summed E-state index contributed by atoms with van der Waals surface area (Å²) in [5.41, 5.74) is 2.97. The zero-order chi connectivity index (χ0) is 28.2. The van der Waals surface area contributed by atoms with Gasteiger partial charge in [0.2, 0.25) is 0 Å². The smallest absolute Gasteiger partial charge is 0.267 e. The van der Waals surface area contributed by atoms with Crippen molar-refractivity contribution in [2.45, 2.75) is 69.8 Å². The lowest BCUT2D eigenvalue weighted by molar-refractivity contribution is 0.141. The highest BCUT2D eigenvalue weighted by Crippen LogP contribution is 2.41. The molecule has 0 radical (unpaired) electrons. The van der Waals surface area contributed by atoms with Crippen LogP contribution in [0.25, 0.3) is 11.3 Å². The molecule has 2 aliphatic rings. The monoisotopic (exact) mass is 553 g/mol. The number of aromatic nitrogens is 5. The largest absolute Gasteiger partial charge is 0.280 e. The molecule has 2 aliphatic carbocycles. The van der Waals surface area contributed by atoms with Gasteiger partial charge in [-0.3, -0.25) is 14.5 Å². The zero-order valence-electron chi connectivity index (χ0n) is 22.2. The Morgan fingerprint density at radius 2 is 1.62 bits per heavy atom. The first-order valence-electron chi connectivity index (χ1n) is 13.6. The van der Waals surface area contributed by atoms with Crippen LogP contribution >= 0.6 is 0 Å². The quantitative estimate of drug-likeness (QED) is 0.243. The molecule has 2 saturated carbocycles. The molecular weight excluding hydrogens is 522 g/mol. The van der Waals surface area contributed by atoms with Gasteiger partial charge in [-0.1, -0.05) is 31.4 Å². The van der Waals surface area contributed by atoms with E-state index in [0.717, 1.165) is 55.8 Å². The van der Waals surface area contributed by atoms with Gasteiger partial charge in [-0.25, -0.2) is 22.2 Å². The Morgan fingerprint density at radius 3 is 2.25 bits per heavy atom. The number of alkyl halides is 2. The van der Waals surface area contributed by atoms with Crippen LogP contribution in [0.2, 0.25) is 0 Å². The number of nitrogens with zero attached hydrogens (tertiary/aromatic N) is 5. The molecule has 0 saturated heterocycles. The highest BCUT2D eigenvalue weighted by molar-refractivity contribution is 5.62. The van der Waals surface area contributed by atoms with Crippen molar-refractivity contribution in [2.75, 3.05) is 0 Å². The summed E-state index contributed by atoms with van der Waals surface area (Å²) < 4.78 is 54.0. The lowest BCUT2D eigenvalue weighted by Gasteiger charge is -2.22. The molecule has 4 aromatic rings. The fourth-order valence-electron chi connectivity index (χ4n) is 5.36. The lowest BCUT2D eigenvalue weighted by Crippen LogP contribution is -2.30. The van der Waals surface area contributed by atoms with Crippen LogP contribution in [0.3, 0.4) is 0 Å². The molecule has 0 bridgehead atoms. The number of benzene rings is 1. The van der Waals surface area contributed by atoms with Crippen molar-refractivity contribution < 1.29 is 17.6 Å². The minimum Gasteiger partial charge on any atom is -0.267 e. The third kappa shape index (κ3) is 6.32. The molecule has 40 heavy (non-hydrogen) atoms. The molecule has 6 nitrogen and oxygen atoms in total. The van der Waals surface area contributed by atoms with Crippen LogP contribution in [-0.4, -0.2) is 24.5 Å². The van der Waals surface area contributed by atoms with Crippen LogP contribution in [0, 0.1) is 11.6 Å². The van der Waals surface area contributed by atoms with E-state index in [-0.39, 0.29) is 29.3 Å². The zero-order valence-corrected chi connectivity index (χ0v) is 22.2. The Hall–Kier alpha value is -3.82. The van der Waals surface area contributed by atoms with Crippen molar-refractivity contribution >= 4 is 0 Å². The maximum absolute atomic E-state index is 13.8. The van der Waals surface area contributed by atoms with E-state index in [2.05, 4.69) is 21.2 Å². The number of halogens is 4. The van der Waals surface area contributed by atoms with Crippen molar-refractivity contribution in [3.63, 3.8) is 0 Å². The molecule has 0 atom stereocenters. The summed E-state index contributed by atoms with van der Waals surface area (Å²) in [6, 6.07) is 10.3. The molecule has 2 fully saturated rings. The third-order valence-corrected chi connectivity index (χ3v) is 7.54. The molecule has 0 aliphatic heterocycles. The van der Waals surface area contributed by atoms with Gasteiger partial charge in [0.15, 0.2) is 0 Å². The summed E-state index contributed by atoms with van der Waals surface area (Å²) in [6.07, 6.45) is 7.90. The second-order valence-electron chi connectivity index (χ2n) is 10.4. The molecule has 1 aromatic carbocycles. The van der Waals surface area contributed by atoms with E-state index >= 15 is 0 Å². The Balaban J connectivity index is 0.000000348. The van der Waals surface area contributed by atoms with Crippen molar-refractivity contribution in [3.05, 3.63) is 99.4 Å². The van der Waals surface area contributed by atoms with Crippen LogP contribution < -0.4 is 5.56 Å². The predicted molar refractivity (Wildman–Crippen MR) is 143 cm³/mol. The van der Waals surface area contributed by atoms with Gasteiger partial charge < -0.3 is 0 Å². The summed E-state index contributed by atoms with van der Waals surface area (Å²) in [4.78, 5) is 18.0. The first-order chi connectivity index (χ1) is 19.3. The second-order valence-corrected chi connectivity index (χ2v) is 10.4. The maximum atomic E-state index is 13.8. The van der Waals surface area contributed by atoms with E-state index in [0.29, 0.717) is 17.2 Å². The van der Waals surface area contributed by atoms with Crippen molar-refractivity contribution in [1.82, 2.24) is 24.5 Å². The van der Waals surface area contributed by atoms with Gasteiger partial charge in [-0.15, -0.1) is 0 Å². The van der Waals surface area contributed by atoms with Gasteiger partial charge in [0.05, 0.1) is 24.1 Å². The SMILES string of the molecule is Cn1ncc(-c2cc(C3CCCCC3)c(=O)n(Cc3ncccc3C3CC3)n2)c1C(F)F.Fc1cccc(F)c1. The van der Waals surface area contributed by atoms with Crippen LogP contribution in [-0.2, 0) is 13.6 Å². The van der Waals surface area contributed by atoms with Crippen LogP contribution in [0.15, 0.2) is 59.7 Å². The summed E-state index contributed by atoms with van der Waals surface area (Å²) in [5, 5.41) is 8.58. The van der Waals surface area contributed by atoms with Crippen molar-refractivity contribution in [2.24, 2.45) is 7.05 Å². The van der Waals surface area contributed by atoms with Gasteiger partial charge in [0, 0.05) is 30.4 Å². The highest BCUT2D eigenvalue weighted by Gasteiger charge is 2.28.